The zero-order valence-corrected chi connectivity index (χ0v) is 11.2. The normalized spacial score (nSPS) is 10.4. The van der Waals surface area contributed by atoms with Gasteiger partial charge in [0.15, 0.2) is 0 Å². The monoisotopic (exact) mass is 239 g/mol. The number of thioether (sulfide) groups is 1. The Hall–Kier alpha value is -0.770. The summed E-state index contributed by atoms with van der Waals surface area (Å²) >= 11 is 1.83. The van der Waals surface area contributed by atoms with Crippen molar-refractivity contribution in [3.63, 3.8) is 0 Å². The topological polar surface area (TPSA) is 37.8 Å². The maximum Gasteiger partial charge on any atom is 0.133 e. The van der Waals surface area contributed by atoms with E-state index in [1.165, 1.54) is 18.4 Å². The smallest absolute Gasteiger partial charge is 0.133 e. The van der Waals surface area contributed by atoms with Crippen LogP contribution in [0, 0.1) is 6.92 Å². The molecule has 0 aliphatic heterocycles. The van der Waals surface area contributed by atoms with Gasteiger partial charge in [-0.3, -0.25) is 0 Å². The maximum atomic E-state index is 4.33. The van der Waals surface area contributed by atoms with E-state index in [-0.39, 0.29) is 0 Å². The summed E-state index contributed by atoms with van der Waals surface area (Å²) in [4.78, 5) is 8.60. The SMILES string of the molecule is CCCCSc1ncnc(NCCC)c1C. The van der Waals surface area contributed by atoms with Gasteiger partial charge in [-0.25, -0.2) is 9.97 Å². The largest absolute Gasteiger partial charge is 0.370 e. The third kappa shape index (κ3) is 4.00. The highest BCUT2D eigenvalue weighted by atomic mass is 32.2. The van der Waals surface area contributed by atoms with Crippen molar-refractivity contribution >= 4 is 17.6 Å². The van der Waals surface area contributed by atoms with Gasteiger partial charge >= 0.3 is 0 Å². The fourth-order valence-electron chi connectivity index (χ4n) is 1.31. The Balaban J connectivity index is 2.62. The second-order valence-corrected chi connectivity index (χ2v) is 4.86. The van der Waals surface area contributed by atoms with E-state index in [0.717, 1.165) is 29.6 Å². The molecule has 0 spiro atoms. The molecule has 3 nitrogen and oxygen atoms in total. The molecule has 1 N–H and O–H groups in total. The molecule has 1 aromatic heterocycles. The van der Waals surface area contributed by atoms with Crippen LogP contribution in [-0.4, -0.2) is 22.3 Å². The van der Waals surface area contributed by atoms with Gasteiger partial charge in [0, 0.05) is 12.1 Å². The van der Waals surface area contributed by atoms with Gasteiger partial charge in [0.05, 0.1) is 0 Å². The summed E-state index contributed by atoms with van der Waals surface area (Å²) in [6, 6.07) is 0. The number of rotatable bonds is 7. The van der Waals surface area contributed by atoms with Crippen LogP contribution in [0.5, 0.6) is 0 Å². The average Bonchev–Trinajstić information content (AvgIpc) is 2.30. The molecule has 0 bridgehead atoms. The molecule has 1 aromatic rings. The molecule has 0 amide bonds. The second-order valence-electron chi connectivity index (χ2n) is 3.78. The Morgan fingerprint density at radius 1 is 1.25 bits per heavy atom. The quantitative estimate of drug-likeness (QED) is 0.449. The first-order chi connectivity index (χ1) is 7.79. The number of unbranched alkanes of at least 4 members (excludes halogenated alkanes) is 1. The maximum absolute atomic E-state index is 4.33. The van der Waals surface area contributed by atoms with Crippen LogP contribution in [0.4, 0.5) is 5.82 Å². The number of nitrogens with one attached hydrogen (secondary N) is 1. The van der Waals surface area contributed by atoms with Crippen LogP contribution in [0.25, 0.3) is 0 Å². The van der Waals surface area contributed by atoms with Crippen molar-refractivity contribution in [1.82, 2.24) is 9.97 Å². The van der Waals surface area contributed by atoms with Crippen LogP contribution >= 0.6 is 11.8 Å². The summed E-state index contributed by atoms with van der Waals surface area (Å²) in [5.41, 5.74) is 1.18. The zero-order chi connectivity index (χ0) is 11.8. The van der Waals surface area contributed by atoms with Crippen LogP contribution in [0.2, 0.25) is 0 Å². The number of aromatic nitrogens is 2. The predicted octanol–water partition coefficient (Wildman–Crippen LogP) is 3.50. The van der Waals surface area contributed by atoms with E-state index < -0.39 is 0 Å². The first-order valence-electron chi connectivity index (χ1n) is 5.97. The van der Waals surface area contributed by atoms with Crippen molar-refractivity contribution in [1.29, 1.82) is 0 Å². The van der Waals surface area contributed by atoms with E-state index in [1.54, 1.807) is 6.33 Å². The molecule has 0 aliphatic carbocycles. The van der Waals surface area contributed by atoms with Gasteiger partial charge in [-0.05, 0) is 25.5 Å². The summed E-state index contributed by atoms with van der Waals surface area (Å²) in [5.74, 6) is 2.12. The summed E-state index contributed by atoms with van der Waals surface area (Å²) in [6.45, 7) is 7.42. The summed E-state index contributed by atoms with van der Waals surface area (Å²) in [5, 5.41) is 4.44. The minimum atomic E-state index is 0.969. The molecule has 1 rings (SSSR count). The lowest BCUT2D eigenvalue weighted by molar-refractivity contribution is 0.891. The van der Waals surface area contributed by atoms with E-state index in [1.807, 2.05) is 11.8 Å². The molecular formula is C12H21N3S. The molecular weight excluding hydrogens is 218 g/mol. The highest BCUT2D eigenvalue weighted by Gasteiger charge is 2.06. The van der Waals surface area contributed by atoms with Gasteiger partial charge in [0.2, 0.25) is 0 Å². The molecule has 0 fully saturated rings. The lowest BCUT2D eigenvalue weighted by Gasteiger charge is -2.10. The van der Waals surface area contributed by atoms with Crippen molar-refractivity contribution in [3.8, 4) is 0 Å². The third-order valence-corrected chi connectivity index (χ3v) is 3.49. The highest BCUT2D eigenvalue weighted by molar-refractivity contribution is 7.99. The van der Waals surface area contributed by atoms with Gasteiger partial charge in [-0.15, -0.1) is 11.8 Å². The molecule has 0 saturated heterocycles. The van der Waals surface area contributed by atoms with Crippen LogP contribution in [0.1, 0.15) is 38.7 Å². The number of anilines is 1. The molecule has 16 heavy (non-hydrogen) atoms. The van der Waals surface area contributed by atoms with E-state index in [9.17, 15) is 0 Å². The first-order valence-corrected chi connectivity index (χ1v) is 6.96. The van der Waals surface area contributed by atoms with Gasteiger partial charge < -0.3 is 5.32 Å². The Morgan fingerprint density at radius 2 is 2.06 bits per heavy atom. The average molecular weight is 239 g/mol. The molecule has 0 aliphatic rings. The molecule has 90 valence electrons. The molecule has 0 aromatic carbocycles. The molecule has 1 heterocycles. The van der Waals surface area contributed by atoms with E-state index in [4.69, 9.17) is 0 Å². The van der Waals surface area contributed by atoms with Crippen molar-refractivity contribution in [2.45, 2.75) is 45.1 Å². The lowest BCUT2D eigenvalue weighted by atomic mass is 10.3. The lowest BCUT2D eigenvalue weighted by Crippen LogP contribution is -2.05. The first kappa shape index (κ1) is 13.3. The predicted molar refractivity (Wildman–Crippen MR) is 71.2 cm³/mol. The molecule has 0 radical (unpaired) electrons. The number of hydrogen-bond acceptors (Lipinski definition) is 4. The molecule has 0 atom stereocenters. The third-order valence-electron chi connectivity index (χ3n) is 2.32. The van der Waals surface area contributed by atoms with Crippen molar-refractivity contribution in [2.24, 2.45) is 0 Å². The summed E-state index contributed by atoms with van der Waals surface area (Å²) < 4.78 is 0. The Morgan fingerprint density at radius 3 is 2.75 bits per heavy atom. The Labute approximate surface area is 102 Å². The van der Waals surface area contributed by atoms with E-state index in [0.29, 0.717) is 0 Å². The van der Waals surface area contributed by atoms with Crippen molar-refractivity contribution in [3.05, 3.63) is 11.9 Å². The minimum Gasteiger partial charge on any atom is -0.370 e. The van der Waals surface area contributed by atoms with Gasteiger partial charge in [0.1, 0.15) is 17.2 Å². The number of hydrogen-bond donors (Lipinski definition) is 1. The minimum absolute atomic E-state index is 0.969. The number of nitrogens with zero attached hydrogens (tertiary/aromatic N) is 2. The molecule has 0 saturated carbocycles. The fraction of sp³-hybridized carbons (Fsp3) is 0.667. The van der Waals surface area contributed by atoms with Crippen LogP contribution in [0.3, 0.4) is 0 Å². The van der Waals surface area contributed by atoms with E-state index >= 15 is 0 Å². The van der Waals surface area contributed by atoms with Crippen molar-refractivity contribution < 1.29 is 0 Å². The van der Waals surface area contributed by atoms with Gasteiger partial charge in [-0.2, -0.15) is 0 Å². The summed E-state index contributed by atoms with van der Waals surface area (Å²) in [6.07, 6.45) is 5.24. The fourth-order valence-corrected chi connectivity index (χ4v) is 2.38. The standard InChI is InChI=1S/C12H21N3S/c1-4-6-8-16-12-10(3)11(13-7-5-2)14-9-15-12/h9H,4-8H2,1-3H3,(H,13,14,15). The van der Waals surface area contributed by atoms with Gasteiger partial charge in [0.25, 0.3) is 0 Å². The van der Waals surface area contributed by atoms with Gasteiger partial charge in [-0.1, -0.05) is 20.3 Å². The van der Waals surface area contributed by atoms with Crippen LogP contribution < -0.4 is 5.32 Å². The van der Waals surface area contributed by atoms with Crippen LogP contribution in [0.15, 0.2) is 11.4 Å². The molecule has 4 heteroatoms. The zero-order valence-electron chi connectivity index (χ0n) is 10.4. The second kappa shape index (κ2) is 7.49. The van der Waals surface area contributed by atoms with Crippen molar-refractivity contribution in [2.75, 3.05) is 17.6 Å². The van der Waals surface area contributed by atoms with E-state index in [2.05, 4.69) is 36.1 Å². The highest BCUT2D eigenvalue weighted by Crippen LogP contribution is 2.24. The Bertz CT molecular complexity index is 315. The Kier molecular flexibility index (Phi) is 6.23. The summed E-state index contributed by atoms with van der Waals surface area (Å²) in [7, 11) is 0. The molecule has 0 unspecified atom stereocenters. The van der Waals surface area contributed by atoms with Crippen LogP contribution in [-0.2, 0) is 0 Å².